The Morgan fingerprint density at radius 2 is 2.08 bits per heavy atom. The minimum Gasteiger partial charge on any atom is -0.379 e. The average molecular weight is 366 g/mol. The molecule has 1 fully saturated rings. The van der Waals surface area contributed by atoms with Gasteiger partial charge in [-0.05, 0) is 12.1 Å². The molecule has 0 aromatic carbocycles. The molecule has 0 bridgehead atoms. The molecule has 3 rings (SSSR count). The van der Waals surface area contributed by atoms with Gasteiger partial charge in [0.05, 0.1) is 30.6 Å². The highest BCUT2D eigenvalue weighted by molar-refractivity contribution is 7.89. The Morgan fingerprint density at radius 3 is 2.80 bits per heavy atom. The van der Waals surface area contributed by atoms with Crippen LogP contribution in [0.25, 0.3) is 11.4 Å². The normalized spacial score (nSPS) is 21.1. The molecule has 9 heteroatoms. The van der Waals surface area contributed by atoms with Crippen molar-refractivity contribution in [3.05, 3.63) is 41.1 Å². The quantitative estimate of drug-likeness (QED) is 0.761. The summed E-state index contributed by atoms with van der Waals surface area (Å²) in [7, 11) is 1.39. The summed E-state index contributed by atoms with van der Waals surface area (Å²) in [5.41, 5.74) is 0.336. The maximum Gasteiger partial charge on any atom is 0.261 e. The largest absolute Gasteiger partial charge is 0.379 e. The summed E-state index contributed by atoms with van der Waals surface area (Å²) >= 11 is 0. The van der Waals surface area contributed by atoms with E-state index in [1.54, 1.807) is 37.8 Å². The second-order valence-corrected chi connectivity index (χ2v) is 8.65. The molecule has 0 aliphatic carbocycles. The van der Waals surface area contributed by atoms with Crippen molar-refractivity contribution in [3.63, 3.8) is 0 Å². The predicted molar refractivity (Wildman–Crippen MR) is 93.7 cm³/mol. The molecule has 0 N–H and O–H groups in total. The van der Waals surface area contributed by atoms with Gasteiger partial charge in [0, 0.05) is 45.7 Å². The lowest BCUT2D eigenvalue weighted by atomic mass is 10.1. The Bertz CT molecular complexity index is 916. The second kappa shape index (κ2) is 6.74. The summed E-state index contributed by atoms with van der Waals surface area (Å²) in [6, 6.07) is 3.33. The molecule has 8 nitrogen and oxygen atoms in total. The van der Waals surface area contributed by atoms with Crippen molar-refractivity contribution >= 4 is 10.0 Å². The molecule has 0 amide bonds. The van der Waals surface area contributed by atoms with Crippen LogP contribution in [0.4, 0.5) is 0 Å². The zero-order valence-electron chi connectivity index (χ0n) is 14.5. The van der Waals surface area contributed by atoms with Crippen molar-refractivity contribution in [1.82, 2.24) is 18.4 Å². The van der Waals surface area contributed by atoms with E-state index in [1.807, 2.05) is 4.57 Å². The standard InChI is InChI=1S/C16H22N4O4S/c1-18(2)25(22,23)11-12-9-24-10-14(12)20-8-6-17-15(20)13-5-4-7-19(3)16(13)21/h4-8,12,14H,9-11H2,1-3H3/t12-,14+/m0/s1. The van der Waals surface area contributed by atoms with Crippen LogP contribution in [0.1, 0.15) is 6.04 Å². The topological polar surface area (TPSA) is 86.4 Å². The van der Waals surface area contributed by atoms with Crippen LogP contribution in [0, 0.1) is 5.92 Å². The Balaban J connectivity index is 1.97. The lowest BCUT2D eigenvalue weighted by molar-refractivity contribution is 0.182. The third-order valence-corrected chi connectivity index (χ3v) is 6.50. The number of hydrogen-bond acceptors (Lipinski definition) is 5. The number of rotatable bonds is 5. The van der Waals surface area contributed by atoms with Crippen molar-refractivity contribution < 1.29 is 13.2 Å². The fraction of sp³-hybridized carbons (Fsp3) is 0.500. The van der Waals surface area contributed by atoms with Crippen LogP contribution in [-0.4, -0.2) is 59.9 Å². The van der Waals surface area contributed by atoms with Crippen molar-refractivity contribution in [2.75, 3.05) is 33.1 Å². The van der Waals surface area contributed by atoms with Crippen LogP contribution < -0.4 is 5.56 Å². The summed E-state index contributed by atoms with van der Waals surface area (Å²) in [5, 5.41) is 0. The molecule has 2 aromatic rings. The van der Waals surface area contributed by atoms with Gasteiger partial charge in [-0.1, -0.05) is 0 Å². The van der Waals surface area contributed by atoms with Crippen LogP contribution in [0.2, 0.25) is 0 Å². The number of pyridine rings is 1. The number of ether oxygens (including phenoxy) is 1. The van der Waals surface area contributed by atoms with E-state index >= 15 is 0 Å². The lowest BCUT2D eigenvalue weighted by Gasteiger charge is -2.22. The van der Waals surface area contributed by atoms with Crippen LogP contribution in [0.5, 0.6) is 0 Å². The van der Waals surface area contributed by atoms with E-state index in [2.05, 4.69) is 4.98 Å². The number of sulfonamides is 1. The van der Waals surface area contributed by atoms with Gasteiger partial charge in [0.15, 0.2) is 0 Å². The van der Waals surface area contributed by atoms with E-state index < -0.39 is 10.0 Å². The summed E-state index contributed by atoms with van der Waals surface area (Å²) in [5.74, 6) is 0.326. The summed E-state index contributed by atoms with van der Waals surface area (Å²) in [6.07, 6.45) is 5.08. The molecule has 2 aromatic heterocycles. The third-order valence-electron chi connectivity index (χ3n) is 4.54. The molecule has 0 spiro atoms. The van der Waals surface area contributed by atoms with Gasteiger partial charge in [-0.25, -0.2) is 17.7 Å². The van der Waals surface area contributed by atoms with Crippen molar-refractivity contribution in [3.8, 4) is 11.4 Å². The maximum atomic E-state index is 12.4. The predicted octanol–water partition coefficient (Wildman–Crippen LogP) is 0.328. The molecule has 1 aliphatic rings. The highest BCUT2D eigenvalue weighted by atomic mass is 32.2. The zero-order valence-corrected chi connectivity index (χ0v) is 15.3. The van der Waals surface area contributed by atoms with Gasteiger partial charge in [0.2, 0.25) is 10.0 Å². The minimum atomic E-state index is -3.34. The molecule has 0 unspecified atom stereocenters. The molecule has 0 saturated carbocycles. The fourth-order valence-corrected chi connectivity index (χ4v) is 4.19. The fourth-order valence-electron chi connectivity index (χ4n) is 3.03. The Morgan fingerprint density at radius 1 is 1.32 bits per heavy atom. The van der Waals surface area contributed by atoms with Gasteiger partial charge in [0.25, 0.3) is 5.56 Å². The first-order valence-electron chi connectivity index (χ1n) is 7.98. The van der Waals surface area contributed by atoms with E-state index in [0.29, 0.717) is 24.6 Å². The van der Waals surface area contributed by atoms with Crippen molar-refractivity contribution in [2.45, 2.75) is 6.04 Å². The maximum absolute atomic E-state index is 12.4. The van der Waals surface area contributed by atoms with E-state index in [9.17, 15) is 13.2 Å². The van der Waals surface area contributed by atoms with Crippen LogP contribution in [0.3, 0.4) is 0 Å². The highest BCUT2D eigenvalue weighted by Gasteiger charge is 2.35. The van der Waals surface area contributed by atoms with Gasteiger partial charge in [-0.2, -0.15) is 0 Å². The summed E-state index contributed by atoms with van der Waals surface area (Å²) in [4.78, 5) is 16.7. The zero-order chi connectivity index (χ0) is 18.2. The number of hydrogen-bond donors (Lipinski definition) is 0. The lowest BCUT2D eigenvalue weighted by Crippen LogP contribution is -2.32. The molecule has 1 aliphatic heterocycles. The molecular formula is C16H22N4O4S. The van der Waals surface area contributed by atoms with Gasteiger partial charge in [-0.15, -0.1) is 0 Å². The second-order valence-electron chi connectivity index (χ2n) is 6.42. The van der Waals surface area contributed by atoms with Gasteiger partial charge in [-0.3, -0.25) is 4.79 Å². The summed E-state index contributed by atoms with van der Waals surface area (Å²) in [6.45, 7) is 0.756. The molecule has 136 valence electrons. The average Bonchev–Trinajstić information content (AvgIpc) is 3.18. The Labute approximate surface area is 146 Å². The molecule has 3 heterocycles. The van der Waals surface area contributed by atoms with E-state index in [4.69, 9.17) is 4.74 Å². The molecule has 1 saturated heterocycles. The first-order chi connectivity index (χ1) is 11.8. The minimum absolute atomic E-state index is 0.00487. The van der Waals surface area contributed by atoms with Crippen LogP contribution in [0.15, 0.2) is 35.5 Å². The van der Waals surface area contributed by atoms with Gasteiger partial charge in [0.1, 0.15) is 5.82 Å². The number of imidazole rings is 1. The Kier molecular flexibility index (Phi) is 4.81. The van der Waals surface area contributed by atoms with Crippen molar-refractivity contribution in [1.29, 1.82) is 0 Å². The van der Waals surface area contributed by atoms with Crippen molar-refractivity contribution in [2.24, 2.45) is 13.0 Å². The first-order valence-corrected chi connectivity index (χ1v) is 9.59. The number of aromatic nitrogens is 3. The van der Waals surface area contributed by atoms with E-state index in [-0.39, 0.29) is 23.3 Å². The summed E-state index contributed by atoms with van der Waals surface area (Å²) < 4.78 is 34.6. The Hall–Kier alpha value is -1.97. The third kappa shape index (κ3) is 3.39. The number of aryl methyl sites for hydroxylation is 1. The van der Waals surface area contributed by atoms with Crippen LogP contribution in [-0.2, 0) is 21.8 Å². The smallest absolute Gasteiger partial charge is 0.261 e. The monoisotopic (exact) mass is 366 g/mol. The molecule has 2 atom stereocenters. The first kappa shape index (κ1) is 17.8. The van der Waals surface area contributed by atoms with Gasteiger partial charge >= 0.3 is 0 Å². The van der Waals surface area contributed by atoms with E-state index in [1.165, 1.54) is 23.0 Å². The molecular weight excluding hydrogens is 344 g/mol. The van der Waals surface area contributed by atoms with Gasteiger partial charge < -0.3 is 13.9 Å². The SMILES string of the molecule is CN(C)S(=O)(=O)C[C@@H]1COC[C@H]1n1ccnc1-c1cccn(C)c1=O. The molecule has 0 radical (unpaired) electrons. The van der Waals surface area contributed by atoms with E-state index in [0.717, 1.165) is 0 Å². The number of nitrogens with zero attached hydrogens (tertiary/aromatic N) is 4. The highest BCUT2D eigenvalue weighted by Crippen LogP contribution is 2.30. The van der Waals surface area contributed by atoms with Crippen LogP contribution >= 0.6 is 0 Å². The molecule has 25 heavy (non-hydrogen) atoms.